The van der Waals surface area contributed by atoms with Crippen LogP contribution in [0, 0.1) is 0 Å². The van der Waals surface area contributed by atoms with Gasteiger partial charge in [0.25, 0.3) is 5.56 Å². The Kier molecular flexibility index (Phi) is 5.50. The van der Waals surface area contributed by atoms with Crippen LogP contribution in [0.25, 0.3) is 10.9 Å². The molecule has 3 rings (SSSR count). The highest BCUT2D eigenvalue weighted by molar-refractivity contribution is 7.16. The van der Waals surface area contributed by atoms with Gasteiger partial charge >= 0.3 is 0 Å². The molecule has 5 nitrogen and oxygen atoms in total. The van der Waals surface area contributed by atoms with Crippen molar-refractivity contribution in [3.05, 3.63) is 61.8 Å². The second-order valence-corrected chi connectivity index (χ2v) is 7.64. The Hall–Kier alpha value is -2.18. The van der Waals surface area contributed by atoms with Gasteiger partial charge in [-0.15, -0.1) is 11.3 Å². The van der Waals surface area contributed by atoms with E-state index in [1.807, 2.05) is 30.3 Å². The highest BCUT2D eigenvalue weighted by Crippen LogP contribution is 2.22. The summed E-state index contributed by atoms with van der Waals surface area (Å²) in [6.07, 6.45) is 1.60. The molecule has 0 unspecified atom stereocenters. The number of thiophene rings is 1. The standard InChI is InChI=1S/C18H18ClN3O2S/c1-22(11-12-9-10-15(19)25-12)17(23)8-4-7-16-20-14-6-3-2-5-13(14)18(24)21-16/h2-3,5-6,9-10H,4,7-8,11H2,1H3,(H,20,21,24). The molecule has 0 spiro atoms. The van der Waals surface area contributed by atoms with Gasteiger partial charge in [0.1, 0.15) is 5.82 Å². The Morgan fingerprint density at radius 3 is 2.84 bits per heavy atom. The van der Waals surface area contributed by atoms with E-state index in [1.165, 1.54) is 11.3 Å². The van der Waals surface area contributed by atoms with Crippen LogP contribution in [0.3, 0.4) is 0 Å². The molecule has 0 saturated heterocycles. The van der Waals surface area contributed by atoms with Crippen LogP contribution in [0.15, 0.2) is 41.2 Å². The van der Waals surface area contributed by atoms with E-state index in [1.54, 1.807) is 18.0 Å². The number of carbonyl (C=O) groups excluding carboxylic acids is 1. The van der Waals surface area contributed by atoms with Crippen molar-refractivity contribution in [1.29, 1.82) is 0 Å². The fraction of sp³-hybridized carbons (Fsp3) is 0.278. The van der Waals surface area contributed by atoms with Crippen LogP contribution in [0.2, 0.25) is 4.34 Å². The number of hydrogen-bond donors (Lipinski definition) is 1. The minimum Gasteiger partial charge on any atom is -0.341 e. The number of halogens is 1. The quantitative estimate of drug-likeness (QED) is 0.715. The van der Waals surface area contributed by atoms with Gasteiger partial charge in [-0.3, -0.25) is 9.59 Å². The van der Waals surface area contributed by atoms with Crippen LogP contribution >= 0.6 is 22.9 Å². The number of aromatic amines is 1. The highest BCUT2D eigenvalue weighted by atomic mass is 35.5. The van der Waals surface area contributed by atoms with E-state index in [-0.39, 0.29) is 11.5 Å². The summed E-state index contributed by atoms with van der Waals surface area (Å²) in [6, 6.07) is 11.0. The molecular weight excluding hydrogens is 358 g/mol. The SMILES string of the molecule is CN(Cc1ccc(Cl)s1)C(=O)CCCc1nc2ccccc2c(=O)[nH]1. The number of fused-ring (bicyclic) bond motifs is 1. The molecule has 2 aromatic heterocycles. The third-order valence-electron chi connectivity index (χ3n) is 3.91. The van der Waals surface area contributed by atoms with Gasteiger partial charge in [0.15, 0.2) is 0 Å². The van der Waals surface area contributed by atoms with Crippen molar-refractivity contribution in [2.75, 3.05) is 7.05 Å². The summed E-state index contributed by atoms with van der Waals surface area (Å²) in [5, 5.41) is 0.580. The molecule has 1 amide bonds. The molecule has 0 aliphatic rings. The fourth-order valence-corrected chi connectivity index (χ4v) is 3.75. The first-order valence-corrected chi connectivity index (χ1v) is 9.18. The molecule has 130 valence electrons. The number of nitrogens with one attached hydrogen (secondary N) is 1. The van der Waals surface area contributed by atoms with E-state index in [0.29, 0.717) is 42.5 Å². The van der Waals surface area contributed by atoms with Crippen LogP contribution in [-0.2, 0) is 17.8 Å². The van der Waals surface area contributed by atoms with E-state index in [0.717, 1.165) is 9.21 Å². The summed E-state index contributed by atoms with van der Waals surface area (Å²) in [6.45, 7) is 0.557. The minimum absolute atomic E-state index is 0.0626. The number of para-hydroxylation sites is 1. The van der Waals surface area contributed by atoms with Crippen molar-refractivity contribution in [1.82, 2.24) is 14.9 Å². The first-order valence-electron chi connectivity index (χ1n) is 7.99. The van der Waals surface area contributed by atoms with Crippen molar-refractivity contribution in [2.24, 2.45) is 0 Å². The van der Waals surface area contributed by atoms with Crippen molar-refractivity contribution >= 4 is 39.7 Å². The number of aryl methyl sites for hydroxylation is 1. The van der Waals surface area contributed by atoms with Crippen molar-refractivity contribution in [3.8, 4) is 0 Å². The second kappa shape index (κ2) is 7.80. The Bertz CT molecular complexity index is 951. The maximum atomic E-state index is 12.2. The Balaban J connectivity index is 1.55. The smallest absolute Gasteiger partial charge is 0.258 e. The molecular formula is C18H18ClN3O2S. The highest BCUT2D eigenvalue weighted by Gasteiger charge is 2.11. The third-order valence-corrected chi connectivity index (χ3v) is 5.13. The van der Waals surface area contributed by atoms with Crippen molar-refractivity contribution in [2.45, 2.75) is 25.8 Å². The van der Waals surface area contributed by atoms with Crippen molar-refractivity contribution < 1.29 is 4.79 Å². The lowest BCUT2D eigenvalue weighted by molar-refractivity contribution is -0.130. The normalized spacial score (nSPS) is 11.0. The lowest BCUT2D eigenvalue weighted by Gasteiger charge is -2.16. The monoisotopic (exact) mass is 375 g/mol. The molecule has 7 heteroatoms. The fourth-order valence-electron chi connectivity index (χ4n) is 2.61. The maximum absolute atomic E-state index is 12.2. The van der Waals surface area contributed by atoms with E-state index in [2.05, 4.69) is 9.97 Å². The predicted octanol–water partition coefficient (Wildman–Crippen LogP) is 3.62. The third kappa shape index (κ3) is 4.46. The number of carbonyl (C=O) groups is 1. The largest absolute Gasteiger partial charge is 0.341 e. The van der Waals surface area contributed by atoms with Gasteiger partial charge in [0, 0.05) is 24.8 Å². The average Bonchev–Trinajstić information content (AvgIpc) is 2.99. The molecule has 0 aliphatic heterocycles. The molecule has 3 aromatic rings. The zero-order chi connectivity index (χ0) is 17.8. The number of rotatable bonds is 6. The van der Waals surface area contributed by atoms with Crippen LogP contribution in [0.1, 0.15) is 23.5 Å². The second-order valence-electron chi connectivity index (χ2n) is 5.84. The van der Waals surface area contributed by atoms with Gasteiger partial charge in [-0.05, 0) is 30.7 Å². The number of aromatic nitrogens is 2. The van der Waals surface area contributed by atoms with Gasteiger partial charge in [-0.25, -0.2) is 4.98 Å². The lowest BCUT2D eigenvalue weighted by Crippen LogP contribution is -2.25. The maximum Gasteiger partial charge on any atom is 0.258 e. The lowest BCUT2D eigenvalue weighted by atomic mass is 10.2. The van der Waals surface area contributed by atoms with E-state index >= 15 is 0 Å². The summed E-state index contributed by atoms with van der Waals surface area (Å²) in [7, 11) is 1.78. The van der Waals surface area contributed by atoms with Crippen LogP contribution in [0.4, 0.5) is 0 Å². The first-order chi connectivity index (χ1) is 12.0. The van der Waals surface area contributed by atoms with E-state index in [4.69, 9.17) is 11.6 Å². The summed E-state index contributed by atoms with van der Waals surface area (Å²) in [5.41, 5.74) is 0.540. The molecule has 1 N–H and O–H groups in total. The molecule has 2 heterocycles. The van der Waals surface area contributed by atoms with Crippen LogP contribution in [-0.4, -0.2) is 27.8 Å². The zero-order valence-corrected chi connectivity index (χ0v) is 15.4. The molecule has 0 atom stereocenters. The topological polar surface area (TPSA) is 66.1 Å². The summed E-state index contributed by atoms with van der Waals surface area (Å²) < 4.78 is 0.724. The molecule has 0 saturated carbocycles. The molecule has 25 heavy (non-hydrogen) atoms. The summed E-state index contributed by atoms with van der Waals surface area (Å²) >= 11 is 7.39. The summed E-state index contributed by atoms with van der Waals surface area (Å²) in [5.74, 6) is 0.678. The minimum atomic E-state index is -0.140. The molecule has 0 fully saturated rings. The number of hydrogen-bond acceptors (Lipinski definition) is 4. The number of benzene rings is 1. The van der Waals surface area contributed by atoms with Gasteiger partial charge < -0.3 is 9.88 Å². The molecule has 0 bridgehead atoms. The van der Waals surface area contributed by atoms with Gasteiger partial charge in [-0.2, -0.15) is 0 Å². The molecule has 0 radical (unpaired) electrons. The van der Waals surface area contributed by atoms with Crippen LogP contribution in [0.5, 0.6) is 0 Å². The number of amides is 1. The molecule has 1 aromatic carbocycles. The number of H-pyrrole nitrogens is 1. The van der Waals surface area contributed by atoms with Gasteiger partial charge in [0.2, 0.25) is 5.91 Å². The van der Waals surface area contributed by atoms with Gasteiger partial charge in [-0.1, -0.05) is 23.7 Å². The Morgan fingerprint density at radius 1 is 1.28 bits per heavy atom. The molecule has 0 aliphatic carbocycles. The Morgan fingerprint density at radius 2 is 2.08 bits per heavy atom. The van der Waals surface area contributed by atoms with Crippen LogP contribution < -0.4 is 5.56 Å². The predicted molar refractivity (Wildman–Crippen MR) is 101 cm³/mol. The Labute approximate surface area is 154 Å². The van der Waals surface area contributed by atoms with E-state index < -0.39 is 0 Å². The van der Waals surface area contributed by atoms with Crippen molar-refractivity contribution in [3.63, 3.8) is 0 Å². The van der Waals surface area contributed by atoms with E-state index in [9.17, 15) is 9.59 Å². The number of nitrogens with zero attached hydrogens (tertiary/aromatic N) is 2. The summed E-state index contributed by atoms with van der Waals surface area (Å²) in [4.78, 5) is 34.3. The zero-order valence-electron chi connectivity index (χ0n) is 13.8. The first kappa shape index (κ1) is 17.6. The average molecular weight is 376 g/mol. The van der Waals surface area contributed by atoms with Gasteiger partial charge in [0.05, 0.1) is 21.8 Å².